The summed E-state index contributed by atoms with van der Waals surface area (Å²) in [7, 11) is -10.8. The SMILES string of the molecule is CCCCCCCCCCCCC(CC(=O)O)NCCC(=O)O.O=P([O-])([O-])[O-].O=P([O-])([O-])[O-].[Ca+2].[Ca+2].[Ca+2]. The third-order valence-electron chi connectivity index (χ3n) is 4.10. The first-order valence-corrected chi connectivity index (χ1v) is 13.6. The molecule has 0 bridgehead atoms. The van der Waals surface area contributed by atoms with E-state index in [1.165, 1.54) is 51.4 Å². The van der Waals surface area contributed by atoms with E-state index >= 15 is 0 Å². The van der Waals surface area contributed by atoms with E-state index in [0.717, 1.165) is 19.3 Å². The van der Waals surface area contributed by atoms with Crippen LogP contribution in [-0.4, -0.2) is 148 Å². The van der Waals surface area contributed by atoms with Gasteiger partial charge in [0.05, 0.1) is 12.8 Å². The van der Waals surface area contributed by atoms with Gasteiger partial charge in [0.1, 0.15) is 0 Å². The van der Waals surface area contributed by atoms with E-state index in [0.29, 0.717) is 6.54 Å². The molecule has 0 aromatic heterocycles. The molecule has 0 aliphatic rings. The molecule has 36 heavy (non-hydrogen) atoms. The number of carboxylic acids is 2. The first kappa shape index (κ1) is 51.6. The molecular formula is C18H35Ca3NO12P2. The number of aliphatic carboxylic acids is 2. The van der Waals surface area contributed by atoms with Gasteiger partial charge in [0.25, 0.3) is 0 Å². The average Bonchev–Trinajstić information content (AvgIpc) is 2.59. The van der Waals surface area contributed by atoms with Crippen LogP contribution in [0.25, 0.3) is 0 Å². The Morgan fingerprint density at radius 1 is 0.694 bits per heavy atom. The average molecular weight is 640 g/mol. The maximum absolute atomic E-state index is 10.8. The van der Waals surface area contributed by atoms with Crippen molar-refractivity contribution >= 4 is 141 Å². The first-order chi connectivity index (χ1) is 15.1. The minimum atomic E-state index is -5.39. The monoisotopic (exact) mass is 639 g/mol. The number of nitrogens with one attached hydrogen (secondary N) is 1. The zero-order valence-corrected chi connectivity index (χ0v) is 29.4. The Morgan fingerprint density at radius 2 is 1.03 bits per heavy atom. The van der Waals surface area contributed by atoms with E-state index < -0.39 is 27.6 Å². The number of hydrogen-bond donors (Lipinski definition) is 3. The second-order valence-electron chi connectivity index (χ2n) is 7.26. The van der Waals surface area contributed by atoms with Crippen molar-refractivity contribution in [2.24, 2.45) is 0 Å². The van der Waals surface area contributed by atoms with E-state index in [-0.39, 0.29) is 132 Å². The molecule has 0 heterocycles. The smallest absolute Gasteiger partial charge is 0.822 e. The van der Waals surface area contributed by atoms with Crippen molar-refractivity contribution in [3.8, 4) is 0 Å². The van der Waals surface area contributed by atoms with Crippen molar-refractivity contribution in [3.63, 3.8) is 0 Å². The molecule has 0 aliphatic carbocycles. The van der Waals surface area contributed by atoms with Crippen LogP contribution in [-0.2, 0) is 18.7 Å². The summed E-state index contributed by atoms with van der Waals surface area (Å²) in [5.74, 6) is -1.68. The van der Waals surface area contributed by atoms with Crippen molar-refractivity contribution in [1.29, 1.82) is 0 Å². The van der Waals surface area contributed by atoms with E-state index in [1.807, 2.05) is 0 Å². The van der Waals surface area contributed by atoms with Gasteiger partial charge in [-0.25, -0.2) is 0 Å². The summed E-state index contributed by atoms with van der Waals surface area (Å²) < 4.78 is 17.1. The number of unbranched alkanes of at least 4 members (excludes halogenated alkanes) is 9. The number of carbonyl (C=O) groups is 2. The van der Waals surface area contributed by atoms with Crippen LogP contribution < -0.4 is 34.7 Å². The zero-order valence-electron chi connectivity index (χ0n) is 21.0. The van der Waals surface area contributed by atoms with Gasteiger partial charge >= 0.3 is 125 Å². The van der Waals surface area contributed by atoms with Gasteiger partial charge in [-0.3, -0.25) is 9.59 Å². The van der Waals surface area contributed by atoms with Crippen molar-refractivity contribution in [2.75, 3.05) is 6.54 Å². The van der Waals surface area contributed by atoms with Crippen LogP contribution in [0.3, 0.4) is 0 Å². The molecule has 0 aromatic rings. The fourth-order valence-corrected chi connectivity index (χ4v) is 2.75. The van der Waals surface area contributed by atoms with Crippen molar-refractivity contribution < 1.29 is 58.3 Å². The van der Waals surface area contributed by atoms with E-state index in [1.54, 1.807) is 0 Å². The molecule has 3 N–H and O–H groups in total. The standard InChI is InChI=1S/C18H35NO4.3Ca.2H3O4P/c1-2-3-4-5-6-7-8-9-10-11-12-16(15-18(22)23)19-14-13-17(20)21;;;;2*1-5(2,3)4/h16,19H,2-15H2,1H3,(H,20,21)(H,22,23);;;;2*(H3,1,2,3,4)/q;3*+2;;/p-6. The van der Waals surface area contributed by atoms with Crippen LogP contribution in [0.15, 0.2) is 0 Å². The summed E-state index contributed by atoms with van der Waals surface area (Å²) in [4.78, 5) is 72.6. The predicted molar refractivity (Wildman–Crippen MR) is 125 cm³/mol. The van der Waals surface area contributed by atoms with Gasteiger partial charge in [0, 0.05) is 12.6 Å². The molecule has 13 nitrogen and oxygen atoms in total. The second-order valence-corrected chi connectivity index (χ2v) is 9.05. The van der Waals surface area contributed by atoms with E-state index in [9.17, 15) is 9.59 Å². The van der Waals surface area contributed by atoms with E-state index in [4.69, 9.17) is 48.7 Å². The fourth-order valence-electron chi connectivity index (χ4n) is 2.75. The summed E-state index contributed by atoms with van der Waals surface area (Å²) in [5, 5.41) is 20.6. The number of rotatable bonds is 17. The predicted octanol–water partition coefficient (Wildman–Crippen LogP) is -2.59. The first-order valence-electron chi connectivity index (χ1n) is 10.7. The number of hydrogen-bond acceptors (Lipinski definition) is 11. The maximum atomic E-state index is 10.8. The Labute approximate surface area is 303 Å². The molecule has 0 amide bonds. The quantitative estimate of drug-likeness (QED) is 0.0840. The molecule has 1 unspecified atom stereocenters. The van der Waals surface area contributed by atoms with Crippen LogP contribution in [0.2, 0.25) is 0 Å². The molecule has 0 radical (unpaired) electrons. The molecule has 0 saturated carbocycles. The second kappa shape index (κ2) is 34.1. The minimum Gasteiger partial charge on any atom is -0.822 e. The Bertz CT molecular complexity index is 557. The summed E-state index contributed by atoms with van der Waals surface area (Å²) in [6, 6.07) is -0.110. The number of carboxylic acid groups (broad SMARTS) is 2. The van der Waals surface area contributed by atoms with Crippen molar-refractivity contribution in [3.05, 3.63) is 0 Å². The summed E-state index contributed by atoms with van der Waals surface area (Å²) in [6.07, 6.45) is 13.5. The topological polar surface area (TPSA) is 259 Å². The molecular weight excluding hydrogens is 604 g/mol. The zero-order chi connectivity index (χ0) is 26.3. The molecule has 1 atom stereocenters. The third-order valence-corrected chi connectivity index (χ3v) is 4.10. The van der Waals surface area contributed by atoms with Crippen molar-refractivity contribution in [2.45, 2.75) is 96.4 Å². The fraction of sp³-hybridized carbons (Fsp3) is 0.889. The normalized spacial score (nSPS) is 11.1. The van der Waals surface area contributed by atoms with Crippen LogP contribution in [0.5, 0.6) is 0 Å². The molecule has 200 valence electrons. The molecule has 0 aromatic carbocycles. The maximum Gasteiger partial charge on any atom is 2.00 e. The van der Waals surface area contributed by atoms with Crippen LogP contribution in [0, 0.1) is 0 Å². The molecule has 0 fully saturated rings. The van der Waals surface area contributed by atoms with Gasteiger partial charge in [-0.05, 0) is 6.42 Å². The molecule has 0 aliphatic heterocycles. The largest absolute Gasteiger partial charge is 2.00 e. The Morgan fingerprint density at radius 3 is 1.33 bits per heavy atom. The number of phosphoric acid groups is 2. The Kier molecular flexibility index (Phi) is 48.9. The van der Waals surface area contributed by atoms with Gasteiger partial charge in [-0.1, -0.05) is 71.1 Å². The van der Waals surface area contributed by atoms with Crippen LogP contribution in [0.1, 0.15) is 90.4 Å². The summed E-state index contributed by atoms with van der Waals surface area (Å²) in [6.45, 7) is 2.57. The van der Waals surface area contributed by atoms with E-state index in [2.05, 4.69) is 12.2 Å². The van der Waals surface area contributed by atoms with Gasteiger partial charge in [-0.15, -0.1) is 0 Å². The van der Waals surface area contributed by atoms with Gasteiger partial charge < -0.3 is 54.0 Å². The third kappa shape index (κ3) is 76.7. The molecule has 18 heteroatoms. The van der Waals surface area contributed by atoms with Gasteiger partial charge in [0.2, 0.25) is 0 Å². The minimum absolute atomic E-state index is 0. The summed E-state index contributed by atoms with van der Waals surface area (Å²) >= 11 is 0. The van der Waals surface area contributed by atoms with Crippen molar-refractivity contribution in [1.82, 2.24) is 5.32 Å². The molecule has 0 rings (SSSR count). The molecule has 0 saturated heterocycles. The van der Waals surface area contributed by atoms with Crippen LogP contribution in [0.4, 0.5) is 0 Å². The Balaban J connectivity index is -0.000000146. The van der Waals surface area contributed by atoms with Gasteiger partial charge in [-0.2, -0.15) is 15.6 Å². The summed E-state index contributed by atoms with van der Waals surface area (Å²) in [5.41, 5.74) is 0. The van der Waals surface area contributed by atoms with Gasteiger partial charge in [0.15, 0.2) is 0 Å². The molecule has 0 spiro atoms. The Hall–Kier alpha value is 2.90. The van der Waals surface area contributed by atoms with Crippen LogP contribution >= 0.6 is 15.6 Å².